The Labute approximate surface area is 111 Å². The molecule has 106 valence electrons. The van der Waals surface area contributed by atoms with Crippen molar-refractivity contribution in [1.29, 1.82) is 0 Å². The molecule has 3 N–H and O–H groups in total. The predicted molar refractivity (Wildman–Crippen MR) is 69.0 cm³/mol. The van der Waals surface area contributed by atoms with Gasteiger partial charge in [-0.15, -0.1) is 0 Å². The molecule has 0 aliphatic rings. The lowest BCUT2D eigenvalue weighted by molar-refractivity contribution is -0.139. The Morgan fingerprint density at radius 2 is 1.79 bits per heavy atom. The van der Waals surface area contributed by atoms with Gasteiger partial charge in [-0.2, -0.15) is 0 Å². The quantitative estimate of drug-likeness (QED) is 0.885. The van der Waals surface area contributed by atoms with Crippen molar-refractivity contribution in [3.8, 4) is 0 Å². The zero-order chi connectivity index (χ0) is 15.0. The minimum absolute atomic E-state index is 0.00880. The fourth-order valence-corrected chi connectivity index (χ4v) is 2.04. The summed E-state index contributed by atoms with van der Waals surface area (Å²) in [5, 5.41) is 9.02. The second kappa shape index (κ2) is 4.89. The van der Waals surface area contributed by atoms with Crippen molar-refractivity contribution >= 4 is 5.97 Å². The summed E-state index contributed by atoms with van der Waals surface area (Å²) < 4.78 is 27.8. The van der Waals surface area contributed by atoms with Crippen LogP contribution >= 0.6 is 0 Å². The molecule has 0 aromatic heterocycles. The highest BCUT2D eigenvalue weighted by molar-refractivity contribution is 5.69. The highest BCUT2D eigenvalue weighted by atomic mass is 19.1. The van der Waals surface area contributed by atoms with Gasteiger partial charge in [-0.05, 0) is 44.0 Å². The zero-order valence-electron chi connectivity index (χ0n) is 11.6. The van der Waals surface area contributed by atoms with Gasteiger partial charge in [-0.25, -0.2) is 8.78 Å². The van der Waals surface area contributed by atoms with E-state index in [4.69, 9.17) is 10.8 Å². The van der Waals surface area contributed by atoms with Gasteiger partial charge in [0.15, 0.2) is 0 Å². The van der Waals surface area contributed by atoms with E-state index in [0.717, 1.165) is 12.1 Å². The summed E-state index contributed by atoms with van der Waals surface area (Å²) >= 11 is 0. The van der Waals surface area contributed by atoms with Crippen molar-refractivity contribution in [2.24, 2.45) is 5.73 Å². The van der Waals surface area contributed by atoms with Crippen LogP contribution in [-0.2, 0) is 10.2 Å². The summed E-state index contributed by atoms with van der Waals surface area (Å²) in [6.45, 7) is 6.19. The van der Waals surface area contributed by atoms with E-state index in [1.165, 1.54) is 13.8 Å². The fraction of sp³-hybridized carbons (Fsp3) is 0.500. The third-order valence-electron chi connectivity index (χ3n) is 3.77. The van der Waals surface area contributed by atoms with Gasteiger partial charge in [0, 0.05) is 11.0 Å². The molecule has 1 aromatic carbocycles. The topological polar surface area (TPSA) is 63.3 Å². The first kappa shape index (κ1) is 15.6. The molecule has 1 atom stereocenters. The number of hydrogen-bond acceptors (Lipinski definition) is 2. The first-order valence-electron chi connectivity index (χ1n) is 5.96. The molecule has 0 aliphatic carbocycles. The number of carbonyl (C=O) groups is 1. The number of aryl methyl sites for hydroxylation is 1. The molecule has 5 heteroatoms. The van der Waals surface area contributed by atoms with Gasteiger partial charge >= 0.3 is 5.97 Å². The number of nitrogens with two attached hydrogens (primary N) is 1. The molecule has 0 bridgehead atoms. The van der Waals surface area contributed by atoms with Crippen LogP contribution in [0.4, 0.5) is 8.78 Å². The minimum Gasteiger partial charge on any atom is -0.481 e. The Morgan fingerprint density at radius 1 is 1.26 bits per heavy atom. The molecule has 0 amide bonds. The summed E-state index contributed by atoms with van der Waals surface area (Å²) in [6.07, 6.45) is -0.379. The van der Waals surface area contributed by atoms with Gasteiger partial charge in [0.1, 0.15) is 11.6 Å². The number of carboxylic acids is 1. The second-order valence-corrected chi connectivity index (χ2v) is 5.71. The van der Waals surface area contributed by atoms with Crippen molar-refractivity contribution in [2.75, 3.05) is 0 Å². The van der Waals surface area contributed by atoms with E-state index >= 15 is 0 Å². The molecule has 0 saturated heterocycles. The molecule has 1 aromatic rings. The van der Waals surface area contributed by atoms with E-state index in [2.05, 4.69) is 0 Å². The zero-order valence-corrected chi connectivity index (χ0v) is 11.6. The highest BCUT2D eigenvalue weighted by Crippen LogP contribution is 2.39. The van der Waals surface area contributed by atoms with Crippen LogP contribution in [0.5, 0.6) is 0 Å². The second-order valence-electron chi connectivity index (χ2n) is 5.71. The molecule has 19 heavy (non-hydrogen) atoms. The molecule has 0 aliphatic heterocycles. The van der Waals surface area contributed by atoms with Crippen LogP contribution in [0.3, 0.4) is 0 Å². The molecule has 0 heterocycles. The van der Waals surface area contributed by atoms with Crippen LogP contribution in [-0.4, -0.2) is 16.6 Å². The maximum absolute atomic E-state index is 14.1. The lowest BCUT2D eigenvalue weighted by Crippen LogP contribution is -2.53. The minimum atomic E-state index is -1.21. The Hall–Kier alpha value is -1.49. The Morgan fingerprint density at radius 3 is 2.21 bits per heavy atom. The van der Waals surface area contributed by atoms with Crippen LogP contribution in [0.25, 0.3) is 0 Å². The number of halogens is 2. The summed E-state index contributed by atoms with van der Waals surface area (Å²) in [6, 6.07) is 2.11. The summed E-state index contributed by atoms with van der Waals surface area (Å²) in [7, 11) is 0. The first-order valence-corrected chi connectivity index (χ1v) is 5.96. The molecule has 0 radical (unpaired) electrons. The standard InChI is InChI=1S/C14H19F2NO2/c1-8-5-11(16)9(6-10(8)15)14(4,7-12(18)19)13(2,3)17/h5-6H,7,17H2,1-4H3,(H,18,19). The van der Waals surface area contributed by atoms with Crippen molar-refractivity contribution in [2.45, 2.75) is 45.1 Å². The van der Waals surface area contributed by atoms with Crippen LogP contribution in [0, 0.1) is 18.6 Å². The van der Waals surface area contributed by atoms with Crippen LogP contribution in [0.1, 0.15) is 38.3 Å². The van der Waals surface area contributed by atoms with Gasteiger partial charge in [0.2, 0.25) is 0 Å². The van der Waals surface area contributed by atoms with Crippen LogP contribution < -0.4 is 5.73 Å². The van der Waals surface area contributed by atoms with Crippen molar-refractivity contribution < 1.29 is 18.7 Å². The number of hydrogen-bond donors (Lipinski definition) is 2. The van der Waals surface area contributed by atoms with Crippen LogP contribution in [0.15, 0.2) is 12.1 Å². The highest BCUT2D eigenvalue weighted by Gasteiger charge is 2.43. The van der Waals surface area contributed by atoms with E-state index in [9.17, 15) is 13.6 Å². The molecular weight excluding hydrogens is 252 g/mol. The Kier molecular flexibility index (Phi) is 4.00. The molecule has 0 saturated carbocycles. The maximum Gasteiger partial charge on any atom is 0.304 e. The summed E-state index contributed by atoms with van der Waals surface area (Å²) in [5.41, 5.74) is 3.93. The average Bonchev–Trinajstić information content (AvgIpc) is 2.20. The smallest absolute Gasteiger partial charge is 0.304 e. The fourth-order valence-electron chi connectivity index (χ4n) is 2.04. The van der Waals surface area contributed by atoms with Crippen molar-refractivity contribution in [1.82, 2.24) is 0 Å². The average molecular weight is 271 g/mol. The van der Waals surface area contributed by atoms with Crippen molar-refractivity contribution in [3.63, 3.8) is 0 Å². The van der Waals surface area contributed by atoms with Crippen molar-refractivity contribution in [3.05, 3.63) is 34.9 Å². The number of carboxylic acid groups (broad SMARTS) is 1. The number of aliphatic carboxylic acids is 1. The first-order chi connectivity index (χ1) is 8.49. The lowest BCUT2D eigenvalue weighted by atomic mass is 9.66. The normalized spacial score (nSPS) is 15.1. The Bertz CT molecular complexity index is 509. The van der Waals surface area contributed by atoms with E-state index in [0.29, 0.717) is 0 Å². The monoisotopic (exact) mass is 271 g/mol. The molecule has 1 unspecified atom stereocenters. The van der Waals surface area contributed by atoms with E-state index in [1.54, 1.807) is 13.8 Å². The molecular formula is C14H19F2NO2. The van der Waals surface area contributed by atoms with Gasteiger partial charge in [0.05, 0.1) is 6.42 Å². The molecule has 1 rings (SSSR count). The predicted octanol–water partition coefficient (Wildman–Crippen LogP) is 2.74. The van der Waals surface area contributed by atoms with E-state index in [-0.39, 0.29) is 17.5 Å². The summed E-state index contributed by atoms with van der Waals surface area (Å²) in [4.78, 5) is 11.0. The molecule has 0 spiro atoms. The van der Waals surface area contributed by atoms with Gasteiger partial charge < -0.3 is 10.8 Å². The largest absolute Gasteiger partial charge is 0.481 e. The maximum atomic E-state index is 14.1. The van der Waals surface area contributed by atoms with Gasteiger partial charge in [-0.3, -0.25) is 4.79 Å². The summed E-state index contributed by atoms with van der Waals surface area (Å²) in [5.74, 6) is -2.32. The molecule has 3 nitrogen and oxygen atoms in total. The lowest BCUT2D eigenvalue weighted by Gasteiger charge is -2.41. The third-order valence-corrected chi connectivity index (χ3v) is 3.77. The van der Waals surface area contributed by atoms with Crippen LogP contribution in [0.2, 0.25) is 0 Å². The van der Waals surface area contributed by atoms with Gasteiger partial charge in [0.25, 0.3) is 0 Å². The Balaban J connectivity index is 3.50. The van der Waals surface area contributed by atoms with E-state index in [1.807, 2.05) is 0 Å². The SMILES string of the molecule is Cc1cc(F)c(C(C)(CC(=O)O)C(C)(C)N)cc1F. The van der Waals surface area contributed by atoms with E-state index < -0.39 is 28.6 Å². The van der Waals surface area contributed by atoms with Gasteiger partial charge in [-0.1, -0.05) is 6.92 Å². The molecule has 0 fully saturated rings. The number of rotatable bonds is 4. The third kappa shape index (κ3) is 2.92. The number of benzene rings is 1.